The highest BCUT2D eigenvalue weighted by Gasteiger charge is 2.39. The number of urea groups is 1. The third kappa shape index (κ3) is 2.75. The summed E-state index contributed by atoms with van der Waals surface area (Å²) >= 11 is 1.47. The van der Waals surface area contributed by atoms with Crippen molar-refractivity contribution < 1.29 is 14.7 Å². The third-order valence-electron chi connectivity index (χ3n) is 3.59. The number of anilines is 1. The van der Waals surface area contributed by atoms with E-state index in [0.717, 1.165) is 16.8 Å². The molecule has 0 bridgehead atoms. The molecule has 0 aliphatic carbocycles. The van der Waals surface area contributed by atoms with Gasteiger partial charge < -0.3 is 10.4 Å². The third-order valence-corrected chi connectivity index (χ3v) is 4.81. The van der Waals surface area contributed by atoms with Crippen molar-refractivity contribution >= 4 is 29.4 Å². The van der Waals surface area contributed by atoms with Crippen LogP contribution in [0.2, 0.25) is 0 Å². The molecule has 0 radical (unpaired) electrons. The number of carboxylic acids is 1. The van der Waals surface area contributed by atoms with E-state index in [1.807, 2.05) is 39.0 Å². The Kier molecular flexibility index (Phi) is 4.23. The van der Waals surface area contributed by atoms with E-state index >= 15 is 0 Å². The summed E-state index contributed by atoms with van der Waals surface area (Å²) < 4.78 is 0. The monoisotopic (exact) mass is 294 g/mol. The van der Waals surface area contributed by atoms with Crippen molar-refractivity contribution in [3.8, 4) is 0 Å². The van der Waals surface area contributed by atoms with Gasteiger partial charge in [0.15, 0.2) is 0 Å². The van der Waals surface area contributed by atoms with Crippen molar-refractivity contribution in [2.75, 3.05) is 11.1 Å². The quantitative estimate of drug-likeness (QED) is 0.880. The zero-order valence-corrected chi connectivity index (χ0v) is 12.5. The van der Waals surface area contributed by atoms with Gasteiger partial charge in [0.25, 0.3) is 0 Å². The molecule has 2 unspecified atom stereocenters. The largest absolute Gasteiger partial charge is 0.480 e. The summed E-state index contributed by atoms with van der Waals surface area (Å²) in [4.78, 5) is 24.9. The predicted molar refractivity (Wildman–Crippen MR) is 80.1 cm³/mol. The van der Waals surface area contributed by atoms with Gasteiger partial charge in [0, 0.05) is 11.4 Å². The van der Waals surface area contributed by atoms with E-state index in [0.29, 0.717) is 5.75 Å². The zero-order valence-electron chi connectivity index (χ0n) is 11.7. The van der Waals surface area contributed by atoms with Crippen LogP contribution in [0, 0.1) is 13.8 Å². The maximum Gasteiger partial charge on any atom is 0.327 e. The van der Waals surface area contributed by atoms with E-state index in [9.17, 15) is 14.7 Å². The summed E-state index contributed by atoms with van der Waals surface area (Å²) in [6.07, 6.45) is 0. The fraction of sp³-hybridized carbons (Fsp3) is 0.429. The van der Waals surface area contributed by atoms with Crippen LogP contribution < -0.4 is 5.32 Å². The number of carbonyl (C=O) groups is 2. The van der Waals surface area contributed by atoms with Crippen LogP contribution in [0.15, 0.2) is 18.2 Å². The van der Waals surface area contributed by atoms with E-state index in [2.05, 4.69) is 5.32 Å². The molecule has 0 saturated carbocycles. The Morgan fingerprint density at radius 1 is 1.40 bits per heavy atom. The van der Waals surface area contributed by atoms with Crippen molar-refractivity contribution in [3.63, 3.8) is 0 Å². The number of amides is 2. The number of aliphatic carboxylic acids is 1. The number of hydrogen-bond acceptors (Lipinski definition) is 3. The van der Waals surface area contributed by atoms with Gasteiger partial charge in [0.05, 0.1) is 5.37 Å². The summed E-state index contributed by atoms with van der Waals surface area (Å²) in [5.74, 6) is -0.533. The lowest BCUT2D eigenvalue weighted by atomic mass is 10.1. The number of nitrogens with zero attached hydrogens (tertiary/aromatic N) is 1. The van der Waals surface area contributed by atoms with Crippen LogP contribution >= 0.6 is 11.8 Å². The highest BCUT2D eigenvalue weighted by Crippen LogP contribution is 2.30. The molecule has 1 aromatic carbocycles. The number of rotatable bonds is 2. The Labute approximate surface area is 122 Å². The van der Waals surface area contributed by atoms with Crippen molar-refractivity contribution in [3.05, 3.63) is 29.3 Å². The minimum Gasteiger partial charge on any atom is -0.480 e. The van der Waals surface area contributed by atoms with Gasteiger partial charge in [-0.3, -0.25) is 4.90 Å². The molecule has 1 aliphatic heterocycles. The molecule has 2 N–H and O–H groups in total. The summed E-state index contributed by atoms with van der Waals surface area (Å²) in [6.45, 7) is 5.75. The van der Waals surface area contributed by atoms with Crippen LogP contribution in [0.5, 0.6) is 0 Å². The molecule has 0 aromatic heterocycles. The standard InChI is InChI=1S/C14H18N2O3S/c1-8-5-4-6-11(9(8)2)15-14(19)16-10(3)20-7-12(16)13(17)18/h4-6,10,12H,7H2,1-3H3,(H,15,19)(H,17,18). The van der Waals surface area contributed by atoms with Gasteiger partial charge in [-0.2, -0.15) is 0 Å². The van der Waals surface area contributed by atoms with Gasteiger partial charge in [-0.25, -0.2) is 9.59 Å². The molecule has 2 rings (SSSR count). The molecule has 2 amide bonds. The Bertz CT molecular complexity index is 547. The molecule has 108 valence electrons. The first-order chi connectivity index (χ1) is 9.41. The molecule has 1 heterocycles. The van der Waals surface area contributed by atoms with Crippen molar-refractivity contribution in [1.29, 1.82) is 0 Å². The van der Waals surface area contributed by atoms with Crippen LogP contribution in [0.3, 0.4) is 0 Å². The number of nitrogens with one attached hydrogen (secondary N) is 1. The number of hydrogen-bond donors (Lipinski definition) is 2. The zero-order chi connectivity index (χ0) is 14.9. The molecule has 5 nitrogen and oxygen atoms in total. The van der Waals surface area contributed by atoms with Crippen LogP contribution in [-0.2, 0) is 4.79 Å². The van der Waals surface area contributed by atoms with Crippen molar-refractivity contribution in [2.45, 2.75) is 32.2 Å². The summed E-state index contributed by atoms with van der Waals surface area (Å²) in [6, 6.07) is 4.54. The Balaban J connectivity index is 2.19. The van der Waals surface area contributed by atoms with Gasteiger partial charge in [0.1, 0.15) is 6.04 Å². The first-order valence-electron chi connectivity index (χ1n) is 6.41. The molecule has 1 saturated heterocycles. The molecular weight excluding hydrogens is 276 g/mol. The second-order valence-corrected chi connectivity index (χ2v) is 6.22. The normalized spacial score (nSPS) is 21.9. The molecule has 6 heteroatoms. The van der Waals surface area contributed by atoms with E-state index in [-0.39, 0.29) is 11.4 Å². The van der Waals surface area contributed by atoms with Crippen molar-refractivity contribution in [2.24, 2.45) is 0 Å². The van der Waals surface area contributed by atoms with Gasteiger partial charge in [-0.15, -0.1) is 11.8 Å². The molecule has 2 atom stereocenters. The molecule has 1 fully saturated rings. The van der Waals surface area contributed by atoms with E-state index < -0.39 is 12.0 Å². The van der Waals surface area contributed by atoms with Crippen LogP contribution in [0.4, 0.5) is 10.5 Å². The van der Waals surface area contributed by atoms with E-state index in [4.69, 9.17) is 0 Å². The number of aryl methyl sites for hydroxylation is 1. The summed E-state index contributed by atoms with van der Waals surface area (Å²) in [5.41, 5.74) is 2.80. The topological polar surface area (TPSA) is 69.6 Å². The van der Waals surface area contributed by atoms with Gasteiger partial charge >= 0.3 is 12.0 Å². The molecule has 1 aromatic rings. The number of thioether (sulfide) groups is 1. The van der Waals surface area contributed by atoms with Gasteiger partial charge in [-0.1, -0.05) is 12.1 Å². The average molecular weight is 294 g/mol. The lowest BCUT2D eigenvalue weighted by Gasteiger charge is -2.25. The SMILES string of the molecule is Cc1cccc(NC(=O)N2C(C)SCC2C(=O)O)c1C. The molecule has 1 aliphatic rings. The predicted octanol–water partition coefficient (Wildman–Crippen LogP) is 2.68. The second-order valence-electron chi connectivity index (χ2n) is 4.87. The number of benzene rings is 1. The Hall–Kier alpha value is -1.69. The minimum absolute atomic E-state index is 0.138. The maximum absolute atomic E-state index is 12.3. The fourth-order valence-corrected chi connectivity index (χ4v) is 3.37. The van der Waals surface area contributed by atoms with Gasteiger partial charge in [-0.05, 0) is 38.0 Å². The Morgan fingerprint density at radius 3 is 2.75 bits per heavy atom. The van der Waals surface area contributed by atoms with Crippen LogP contribution in [0.1, 0.15) is 18.1 Å². The Morgan fingerprint density at radius 2 is 2.10 bits per heavy atom. The molecule has 20 heavy (non-hydrogen) atoms. The van der Waals surface area contributed by atoms with Gasteiger partial charge in [0.2, 0.25) is 0 Å². The first kappa shape index (κ1) is 14.7. The molecular formula is C14H18N2O3S. The minimum atomic E-state index is -0.960. The first-order valence-corrected chi connectivity index (χ1v) is 7.46. The number of carbonyl (C=O) groups excluding carboxylic acids is 1. The average Bonchev–Trinajstić information content (AvgIpc) is 2.77. The second kappa shape index (κ2) is 5.75. The maximum atomic E-state index is 12.3. The summed E-state index contributed by atoms with van der Waals surface area (Å²) in [7, 11) is 0. The number of carboxylic acid groups (broad SMARTS) is 1. The van der Waals surface area contributed by atoms with Crippen LogP contribution in [0.25, 0.3) is 0 Å². The highest BCUT2D eigenvalue weighted by atomic mass is 32.2. The van der Waals surface area contributed by atoms with Crippen molar-refractivity contribution in [1.82, 2.24) is 4.90 Å². The van der Waals surface area contributed by atoms with E-state index in [1.54, 1.807) is 0 Å². The summed E-state index contributed by atoms with van der Waals surface area (Å²) in [5, 5.41) is 11.9. The lowest BCUT2D eigenvalue weighted by molar-refractivity contribution is -0.141. The lowest BCUT2D eigenvalue weighted by Crippen LogP contribution is -2.46. The molecule has 0 spiro atoms. The fourth-order valence-electron chi connectivity index (χ4n) is 2.21. The smallest absolute Gasteiger partial charge is 0.327 e. The van der Waals surface area contributed by atoms with E-state index in [1.165, 1.54) is 16.7 Å². The highest BCUT2D eigenvalue weighted by molar-refractivity contribution is 8.00. The van der Waals surface area contributed by atoms with Crippen LogP contribution in [-0.4, -0.2) is 39.2 Å².